The van der Waals surface area contributed by atoms with Gasteiger partial charge in [-0.15, -0.1) is 0 Å². The van der Waals surface area contributed by atoms with Crippen molar-refractivity contribution >= 4 is 5.97 Å². The summed E-state index contributed by atoms with van der Waals surface area (Å²) in [5.41, 5.74) is -0.946. The van der Waals surface area contributed by atoms with Crippen LogP contribution >= 0.6 is 0 Å². The number of hydrogen-bond acceptors (Lipinski definition) is 4. The fourth-order valence-corrected chi connectivity index (χ4v) is 2.78. The van der Waals surface area contributed by atoms with Crippen molar-refractivity contribution in [2.75, 3.05) is 13.2 Å². The van der Waals surface area contributed by atoms with Gasteiger partial charge < -0.3 is 9.47 Å². The standard InChI is InChI=1S/C14H24F3NO3/c1-4-20-12(19)13(18-10(2)3)7-5-6-11(8-13)21-9-14(15,16)17/h10-11,18H,4-9H2,1-3H3. The Morgan fingerprint density at radius 3 is 2.62 bits per heavy atom. The molecule has 0 amide bonds. The Hall–Kier alpha value is -0.820. The van der Waals surface area contributed by atoms with Gasteiger partial charge >= 0.3 is 12.1 Å². The first-order valence-electron chi connectivity index (χ1n) is 7.32. The predicted octanol–water partition coefficient (Wildman–Crippen LogP) is 2.81. The van der Waals surface area contributed by atoms with Gasteiger partial charge in [-0.2, -0.15) is 13.2 Å². The number of carbonyl (C=O) groups excluding carboxylic acids is 1. The number of halogens is 3. The lowest BCUT2D eigenvalue weighted by Crippen LogP contribution is -2.59. The highest BCUT2D eigenvalue weighted by Crippen LogP contribution is 2.33. The lowest BCUT2D eigenvalue weighted by molar-refractivity contribution is -0.192. The van der Waals surface area contributed by atoms with Crippen molar-refractivity contribution in [3.8, 4) is 0 Å². The van der Waals surface area contributed by atoms with Crippen molar-refractivity contribution in [2.45, 2.75) is 70.3 Å². The van der Waals surface area contributed by atoms with Crippen LogP contribution in [0.4, 0.5) is 13.2 Å². The molecule has 0 aromatic rings. The van der Waals surface area contributed by atoms with Crippen molar-refractivity contribution < 1.29 is 27.4 Å². The van der Waals surface area contributed by atoms with Crippen LogP contribution < -0.4 is 5.32 Å². The zero-order valence-electron chi connectivity index (χ0n) is 12.8. The summed E-state index contributed by atoms with van der Waals surface area (Å²) in [6.45, 7) is 4.45. The van der Waals surface area contributed by atoms with Gasteiger partial charge in [-0.25, -0.2) is 0 Å². The van der Waals surface area contributed by atoms with E-state index in [9.17, 15) is 18.0 Å². The number of carbonyl (C=O) groups is 1. The van der Waals surface area contributed by atoms with E-state index in [2.05, 4.69) is 5.32 Å². The third kappa shape index (κ3) is 5.82. The largest absolute Gasteiger partial charge is 0.465 e. The highest BCUT2D eigenvalue weighted by Gasteiger charge is 2.45. The molecule has 4 nitrogen and oxygen atoms in total. The molecule has 0 saturated heterocycles. The Labute approximate surface area is 123 Å². The van der Waals surface area contributed by atoms with Crippen molar-refractivity contribution in [3.63, 3.8) is 0 Å². The van der Waals surface area contributed by atoms with Crippen LogP contribution in [-0.2, 0) is 14.3 Å². The lowest BCUT2D eigenvalue weighted by atomic mass is 9.79. The van der Waals surface area contributed by atoms with Crippen molar-refractivity contribution in [1.82, 2.24) is 5.32 Å². The first-order chi connectivity index (χ1) is 9.68. The molecule has 0 spiro atoms. The molecule has 0 aromatic heterocycles. The molecule has 7 heteroatoms. The van der Waals surface area contributed by atoms with Crippen molar-refractivity contribution in [3.05, 3.63) is 0 Å². The van der Waals surface area contributed by atoms with Gasteiger partial charge in [0.15, 0.2) is 0 Å². The Morgan fingerprint density at radius 2 is 2.10 bits per heavy atom. The second-order valence-electron chi connectivity index (χ2n) is 5.75. The summed E-state index contributed by atoms with van der Waals surface area (Å²) in [6, 6.07) is 0.0239. The van der Waals surface area contributed by atoms with Gasteiger partial charge in [0, 0.05) is 12.5 Å². The maximum atomic E-state index is 12.3. The molecular weight excluding hydrogens is 287 g/mol. The molecule has 0 radical (unpaired) electrons. The Morgan fingerprint density at radius 1 is 1.43 bits per heavy atom. The maximum Gasteiger partial charge on any atom is 0.411 e. The van der Waals surface area contributed by atoms with E-state index in [0.717, 1.165) is 0 Å². The summed E-state index contributed by atoms with van der Waals surface area (Å²) < 4.78 is 46.8. The quantitative estimate of drug-likeness (QED) is 0.766. The molecule has 0 aromatic carbocycles. The van der Waals surface area contributed by atoms with E-state index < -0.39 is 30.4 Å². The molecule has 2 unspecified atom stereocenters. The van der Waals surface area contributed by atoms with Gasteiger partial charge in [0.05, 0.1) is 12.7 Å². The van der Waals surface area contributed by atoms with Crippen molar-refractivity contribution in [2.24, 2.45) is 0 Å². The van der Waals surface area contributed by atoms with Crippen LogP contribution in [0.15, 0.2) is 0 Å². The maximum absolute atomic E-state index is 12.3. The summed E-state index contributed by atoms with van der Waals surface area (Å²) in [5.74, 6) is -0.404. The second-order valence-corrected chi connectivity index (χ2v) is 5.75. The number of ether oxygens (including phenoxy) is 2. The van der Waals surface area contributed by atoms with Crippen LogP contribution in [0.5, 0.6) is 0 Å². The summed E-state index contributed by atoms with van der Waals surface area (Å²) in [4.78, 5) is 12.2. The Bertz CT molecular complexity index is 347. The minimum Gasteiger partial charge on any atom is -0.465 e. The molecule has 0 heterocycles. The van der Waals surface area contributed by atoms with Gasteiger partial charge in [0.25, 0.3) is 0 Å². The van der Waals surface area contributed by atoms with Crippen LogP contribution in [-0.4, -0.2) is 43.0 Å². The second kappa shape index (κ2) is 7.45. The average Bonchev–Trinajstić information content (AvgIpc) is 2.35. The third-order valence-corrected chi connectivity index (χ3v) is 3.42. The smallest absolute Gasteiger partial charge is 0.411 e. The van der Waals surface area contributed by atoms with E-state index in [1.54, 1.807) is 6.92 Å². The van der Waals surface area contributed by atoms with Gasteiger partial charge in [-0.3, -0.25) is 10.1 Å². The molecule has 1 saturated carbocycles. The molecule has 0 aliphatic heterocycles. The Kier molecular flexibility index (Phi) is 6.46. The fraction of sp³-hybridized carbons (Fsp3) is 0.929. The van der Waals surface area contributed by atoms with Crippen LogP contribution in [0.25, 0.3) is 0 Å². The molecule has 0 bridgehead atoms. The number of rotatable bonds is 6. The topological polar surface area (TPSA) is 47.6 Å². The minimum absolute atomic E-state index is 0.0239. The van der Waals surface area contributed by atoms with Gasteiger partial charge in [-0.1, -0.05) is 0 Å². The third-order valence-electron chi connectivity index (χ3n) is 3.42. The van der Waals surface area contributed by atoms with Gasteiger partial charge in [0.2, 0.25) is 0 Å². The van der Waals surface area contributed by atoms with E-state index >= 15 is 0 Å². The molecule has 124 valence electrons. The Balaban J connectivity index is 2.75. The molecule has 1 N–H and O–H groups in total. The molecule has 21 heavy (non-hydrogen) atoms. The first kappa shape index (κ1) is 18.2. The van der Waals surface area contributed by atoms with Crippen molar-refractivity contribution in [1.29, 1.82) is 0 Å². The van der Waals surface area contributed by atoms with E-state index in [-0.39, 0.29) is 19.1 Å². The summed E-state index contributed by atoms with van der Waals surface area (Å²) in [5, 5.41) is 3.17. The average molecular weight is 311 g/mol. The molecule has 1 aliphatic rings. The zero-order valence-corrected chi connectivity index (χ0v) is 12.8. The predicted molar refractivity (Wildman–Crippen MR) is 71.9 cm³/mol. The van der Waals surface area contributed by atoms with Crippen LogP contribution in [0.1, 0.15) is 46.5 Å². The normalized spacial score (nSPS) is 26.9. The number of hydrogen-bond donors (Lipinski definition) is 1. The molecule has 1 rings (SSSR count). The first-order valence-corrected chi connectivity index (χ1v) is 7.32. The van der Waals surface area contributed by atoms with Crippen LogP contribution in [0, 0.1) is 0 Å². The SMILES string of the molecule is CCOC(=O)C1(NC(C)C)CCCC(OCC(F)(F)F)C1. The van der Waals surface area contributed by atoms with Crippen LogP contribution in [0.2, 0.25) is 0 Å². The van der Waals surface area contributed by atoms with Gasteiger partial charge in [-0.05, 0) is 40.0 Å². The van der Waals surface area contributed by atoms with E-state index in [1.807, 2.05) is 13.8 Å². The molecule has 1 fully saturated rings. The number of nitrogens with one attached hydrogen (secondary N) is 1. The zero-order chi connectivity index (χ0) is 16.1. The van der Waals surface area contributed by atoms with Gasteiger partial charge in [0.1, 0.15) is 12.1 Å². The summed E-state index contributed by atoms with van der Waals surface area (Å²) in [6.07, 6.45) is -3.03. The molecular formula is C14H24F3NO3. The highest BCUT2D eigenvalue weighted by atomic mass is 19.4. The molecule has 2 atom stereocenters. The number of alkyl halides is 3. The minimum atomic E-state index is -4.35. The van der Waals surface area contributed by atoms with E-state index in [1.165, 1.54) is 0 Å². The highest BCUT2D eigenvalue weighted by molar-refractivity contribution is 5.81. The fourth-order valence-electron chi connectivity index (χ4n) is 2.78. The van der Waals surface area contributed by atoms with E-state index in [0.29, 0.717) is 19.3 Å². The summed E-state index contributed by atoms with van der Waals surface area (Å²) >= 11 is 0. The lowest BCUT2D eigenvalue weighted by Gasteiger charge is -2.40. The monoisotopic (exact) mass is 311 g/mol. The molecule has 1 aliphatic carbocycles. The van der Waals surface area contributed by atoms with Crippen LogP contribution in [0.3, 0.4) is 0 Å². The number of esters is 1. The van der Waals surface area contributed by atoms with E-state index in [4.69, 9.17) is 9.47 Å². The summed E-state index contributed by atoms with van der Waals surface area (Å²) in [7, 11) is 0.